The van der Waals surface area contributed by atoms with E-state index in [2.05, 4.69) is 20.6 Å². The summed E-state index contributed by atoms with van der Waals surface area (Å²) in [5.41, 5.74) is 5.31. The van der Waals surface area contributed by atoms with Crippen LogP contribution in [0.25, 0.3) is 16.7 Å². The molecule has 0 saturated heterocycles. The van der Waals surface area contributed by atoms with E-state index >= 15 is 0 Å². The number of hydrogen-bond acceptors (Lipinski definition) is 5. The SMILES string of the molecule is O=C(CSc1nncn1-c1cccc(Cl)c1)Nn1cnc2ccccc21. The largest absolute Gasteiger partial charge is 0.277 e. The number of nitrogens with one attached hydrogen (secondary N) is 1. The lowest BCUT2D eigenvalue weighted by Crippen LogP contribution is -2.23. The van der Waals surface area contributed by atoms with Crippen LogP contribution in [0.3, 0.4) is 0 Å². The number of para-hydroxylation sites is 2. The van der Waals surface area contributed by atoms with Gasteiger partial charge in [-0.15, -0.1) is 10.2 Å². The molecular weight excluding hydrogens is 372 g/mol. The maximum absolute atomic E-state index is 12.3. The topological polar surface area (TPSA) is 77.6 Å². The third-order valence-corrected chi connectivity index (χ3v) is 4.81. The standard InChI is InChI=1S/C17H13ClN6OS/c18-12-4-3-5-13(8-12)23-11-20-21-17(23)26-9-16(25)22-24-10-19-14-6-1-2-7-15(14)24/h1-8,10-11H,9H2,(H,22,25). The number of nitrogens with zero attached hydrogens (tertiary/aromatic N) is 5. The lowest BCUT2D eigenvalue weighted by atomic mass is 10.3. The predicted molar refractivity (Wildman–Crippen MR) is 101 cm³/mol. The number of carbonyl (C=O) groups excluding carboxylic acids is 1. The Balaban J connectivity index is 1.45. The first kappa shape index (κ1) is 16.6. The molecule has 0 saturated carbocycles. The van der Waals surface area contributed by atoms with Crippen LogP contribution in [-0.2, 0) is 4.79 Å². The minimum absolute atomic E-state index is 0.168. The van der Waals surface area contributed by atoms with Crippen molar-refractivity contribution in [3.05, 3.63) is 66.2 Å². The first-order chi connectivity index (χ1) is 12.7. The van der Waals surface area contributed by atoms with Crippen LogP contribution >= 0.6 is 23.4 Å². The molecule has 2 aromatic heterocycles. The molecule has 26 heavy (non-hydrogen) atoms. The van der Waals surface area contributed by atoms with Crippen LogP contribution in [0.4, 0.5) is 0 Å². The summed E-state index contributed by atoms with van der Waals surface area (Å²) in [6, 6.07) is 14.9. The van der Waals surface area contributed by atoms with Crippen LogP contribution in [0.2, 0.25) is 5.02 Å². The quantitative estimate of drug-likeness (QED) is 0.535. The summed E-state index contributed by atoms with van der Waals surface area (Å²) < 4.78 is 3.40. The molecular formula is C17H13ClN6OS. The van der Waals surface area contributed by atoms with Crippen molar-refractivity contribution in [1.29, 1.82) is 0 Å². The summed E-state index contributed by atoms with van der Waals surface area (Å²) in [5.74, 6) is 0.0185. The Morgan fingerprint density at radius 3 is 2.92 bits per heavy atom. The van der Waals surface area contributed by atoms with Gasteiger partial charge >= 0.3 is 0 Å². The molecule has 0 bridgehead atoms. The predicted octanol–water partition coefficient (Wildman–Crippen LogP) is 3.13. The van der Waals surface area contributed by atoms with Gasteiger partial charge in [-0.05, 0) is 30.3 Å². The van der Waals surface area contributed by atoms with E-state index in [0.717, 1.165) is 16.7 Å². The van der Waals surface area contributed by atoms with E-state index in [1.165, 1.54) is 11.8 Å². The molecule has 0 atom stereocenters. The zero-order chi connectivity index (χ0) is 17.9. The van der Waals surface area contributed by atoms with E-state index in [9.17, 15) is 4.79 Å². The smallest absolute Gasteiger partial charge is 0.249 e. The fraction of sp³-hybridized carbons (Fsp3) is 0.0588. The summed E-state index contributed by atoms with van der Waals surface area (Å²) in [6.45, 7) is 0. The second-order valence-corrected chi connectivity index (χ2v) is 6.77. The maximum atomic E-state index is 12.3. The highest BCUT2D eigenvalue weighted by atomic mass is 35.5. The minimum Gasteiger partial charge on any atom is -0.277 e. The van der Waals surface area contributed by atoms with Crippen LogP contribution in [-0.4, -0.2) is 36.1 Å². The van der Waals surface area contributed by atoms with Gasteiger partial charge in [-0.3, -0.25) is 14.8 Å². The molecule has 0 fully saturated rings. The van der Waals surface area contributed by atoms with Crippen molar-refractivity contribution in [2.75, 3.05) is 11.2 Å². The van der Waals surface area contributed by atoms with Crippen LogP contribution in [0, 0.1) is 0 Å². The van der Waals surface area contributed by atoms with Gasteiger partial charge in [0.2, 0.25) is 5.91 Å². The van der Waals surface area contributed by atoms with E-state index in [-0.39, 0.29) is 11.7 Å². The normalized spacial score (nSPS) is 11.0. The number of fused-ring (bicyclic) bond motifs is 1. The van der Waals surface area contributed by atoms with Gasteiger partial charge in [0, 0.05) is 5.02 Å². The molecule has 0 aliphatic carbocycles. The Labute approximate surface area is 158 Å². The van der Waals surface area contributed by atoms with Gasteiger partial charge in [-0.2, -0.15) is 0 Å². The highest BCUT2D eigenvalue weighted by Gasteiger charge is 2.11. The number of thioether (sulfide) groups is 1. The monoisotopic (exact) mass is 384 g/mol. The fourth-order valence-corrected chi connectivity index (χ4v) is 3.38. The van der Waals surface area contributed by atoms with Gasteiger partial charge in [0.25, 0.3) is 0 Å². The summed E-state index contributed by atoms with van der Waals surface area (Å²) in [6.07, 6.45) is 3.18. The van der Waals surface area contributed by atoms with Gasteiger partial charge in [0.1, 0.15) is 12.7 Å². The molecule has 9 heteroatoms. The van der Waals surface area contributed by atoms with Crippen molar-refractivity contribution in [3.8, 4) is 5.69 Å². The number of rotatable bonds is 5. The zero-order valence-corrected chi connectivity index (χ0v) is 15.0. The number of aromatic nitrogens is 5. The number of benzene rings is 2. The molecule has 130 valence electrons. The second-order valence-electron chi connectivity index (χ2n) is 5.39. The van der Waals surface area contributed by atoms with Gasteiger partial charge < -0.3 is 0 Å². The Morgan fingerprint density at radius 2 is 2.04 bits per heavy atom. The molecule has 2 heterocycles. The van der Waals surface area contributed by atoms with Crippen molar-refractivity contribution in [3.63, 3.8) is 0 Å². The molecule has 7 nitrogen and oxygen atoms in total. The number of hydrogen-bond donors (Lipinski definition) is 1. The Bertz CT molecular complexity index is 1080. The van der Waals surface area contributed by atoms with Crippen LogP contribution in [0.15, 0.2) is 66.3 Å². The van der Waals surface area contributed by atoms with Gasteiger partial charge in [-0.25, -0.2) is 9.66 Å². The van der Waals surface area contributed by atoms with Crippen molar-refractivity contribution in [2.45, 2.75) is 5.16 Å². The Hall–Kier alpha value is -2.84. The Morgan fingerprint density at radius 1 is 1.15 bits per heavy atom. The van der Waals surface area contributed by atoms with E-state index in [1.807, 2.05) is 42.5 Å². The van der Waals surface area contributed by atoms with Crippen molar-refractivity contribution < 1.29 is 4.79 Å². The zero-order valence-electron chi connectivity index (χ0n) is 13.4. The summed E-state index contributed by atoms with van der Waals surface area (Å²) in [5, 5.41) is 9.23. The number of imidazole rings is 1. The molecule has 0 unspecified atom stereocenters. The van der Waals surface area contributed by atoms with Crippen molar-refractivity contribution >= 4 is 40.3 Å². The molecule has 0 spiro atoms. The molecule has 0 radical (unpaired) electrons. The van der Waals surface area contributed by atoms with Gasteiger partial charge in [0.05, 0.1) is 22.5 Å². The molecule has 1 amide bonds. The summed E-state index contributed by atoms with van der Waals surface area (Å²) in [7, 11) is 0. The number of halogens is 1. The third-order valence-electron chi connectivity index (χ3n) is 3.63. The van der Waals surface area contributed by atoms with Gasteiger partial charge in [0.15, 0.2) is 5.16 Å². The van der Waals surface area contributed by atoms with Crippen LogP contribution in [0.5, 0.6) is 0 Å². The average molecular weight is 385 g/mol. The molecule has 1 N–H and O–H groups in total. The van der Waals surface area contributed by atoms with Crippen LogP contribution in [0.1, 0.15) is 0 Å². The van der Waals surface area contributed by atoms with Crippen molar-refractivity contribution in [1.82, 2.24) is 24.4 Å². The lowest BCUT2D eigenvalue weighted by molar-refractivity contribution is -0.114. The number of carbonyl (C=O) groups is 1. The highest BCUT2D eigenvalue weighted by molar-refractivity contribution is 7.99. The van der Waals surface area contributed by atoms with E-state index < -0.39 is 0 Å². The minimum atomic E-state index is -0.168. The summed E-state index contributed by atoms with van der Waals surface area (Å²) >= 11 is 7.33. The molecule has 4 aromatic rings. The van der Waals surface area contributed by atoms with E-state index in [4.69, 9.17) is 11.6 Å². The molecule has 4 rings (SSSR count). The molecule has 0 aliphatic heterocycles. The second kappa shape index (κ2) is 7.19. The fourth-order valence-electron chi connectivity index (χ4n) is 2.47. The maximum Gasteiger partial charge on any atom is 0.249 e. The lowest BCUT2D eigenvalue weighted by Gasteiger charge is -2.08. The highest BCUT2D eigenvalue weighted by Crippen LogP contribution is 2.21. The molecule has 0 aliphatic rings. The van der Waals surface area contributed by atoms with Crippen molar-refractivity contribution in [2.24, 2.45) is 0 Å². The first-order valence-corrected chi connectivity index (χ1v) is 9.08. The van der Waals surface area contributed by atoms with E-state index in [0.29, 0.717) is 10.2 Å². The Kier molecular flexibility index (Phi) is 4.59. The average Bonchev–Trinajstić information content (AvgIpc) is 3.27. The first-order valence-electron chi connectivity index (χ1n) is 7.71. The molecule has 2 aromatic carbocycles. The van der Waals surface area contributed by atoms with Crippen LogP contribution < -0.4 is 5.43 Å². The van der Waals surface area contributed by atoms with Gasteiger partial charge in [-0.1, -0.05) is 41.6 Å². The third kappa shape index (κ3) is 3.42. The van der Waals surface area contributed by atoms with E-state index in [1.54, 1.807) is 28.0 Å². The summed E-state index contributed by atoms with van der Waals surface area (Å²) in [4.78, 5) is 16.5. The number of amides is 1.